The minimum Gasteiger partial charge on any atom is -0.451 e. The van der Waals surface area contributed by atoms with Gasteiger partial charge in [-0.3, -0.25) is 4.79 Å². The van der Waals surface area contributed by atoms with Crippen LogP contribution in [0.3, 0.4) is 0 Å². The standard InChI is InChI=1S/C18H16ClN3O2/c1-12(15-9-10-20-11-21-15)22(2)18(23)17-8-7-16(24-17)13-5-3-4-6-14(13)19/h3-12H,1-2H3. The van der Waals surface area contributed by atoms with Crippen molar-refractivity contribution in [3.8, 4) is 11.3 Å². The van der Waals surface area contributed by atoms with Crippen molar-refractivity contribution in [2.24, 2.45) is 0 Å². The second kappa shape index (κ2) is 6.84. The Labute approximate surface area is 144 Å². The molecule has 0 saturated carbocycles. The van der Waals surface area contributed by atoms with Crippen LogP contribution in [0.1, 0.15) is 29.2 Å². The van der Waals surface area contributed by atoms with E-state index in [9.17, 15) is 4.79 Å². The lowest BCUT2D eigenvalue weighted by Crippen LogP contribution is -2.29. The van der Waals surface area contributed by atoms with Gasteiger partial charge >= 0.3 is 0 Å². The summed E-state index contributed by atoms with van der Waals surface area (Å²) in [6, 6.07) is 12.3. The van der Waals surface area contributed by atoms with Crippen LogP contribution in [-0.4, -0.2) is 27.8 Å². The number of hydrogen-bond acceptors (Lipinski definition) is 4. The fourth-order valence-electron chi connectivity index (χ4n) is 2.35. The first kappa shape index (κ1) is 16.2. The van der Waals surface area contributed by atoms with Crippen LogP contribution in [0.15, 0.2) is 59.4 Å². The lowest BCUT2D eigenvalue weighted by atomic mass is 10.2. The highest BCUT2D eigenvalue weighted by Crippen LogP contribution is 2.30. The monoisotopic (exact) mass is 341 g/mol. The molecule has 0 saturated heterocycles. The topological polar surface area (TPSA) is 59.2 Å². The largest absolute Gasteiger partial charge is 0.451 e. The average molecular weight is 342 g/mol. The van der Waals surface area contributed by atoms with Crippen LogP contribution in [0.25, 0.3) is 11.3 Å². The predicted molar refractivity (Wildman–Crippen MR) is 91.7 cm³/mol. The zero-order valence-electron chi connectivity index (χ0n) is 13.3. The molecule has 0 aliphatic heterocycles. The zero-order valence-corrected chi connectivity index (χ0v) is 14.1. The lowest BCUT2D eigenvalue weighted by molar-refractivity contribution is 0.0708. The van der Waals surface area contributed by atoms with E-state index in [0.29, 0.717) is 10.8 Å². The minimum atomic E-state index is -0.223. The van der Waals surface area contributed by atoms with Crippen molar-refractivity contribution in [2.75, 3.05) is 7.05 Å². The number of nitrogens with zero attached hydrogens (tertiary/aromatic N) is 3. The lowest BCUT2D eigenvalue weighted by Gasteiger charge is -2.23. The highest BCUT2D eigenvalue weighted by molar-refractivity contribution is 6.33. The fourth-order valence-corrected chi connectivity index (χ4v) is 2.58. The van der Waals surface area contributed by atoms with Crippen LogP contribution in [-0.2, 0) is 0 Å². The molecule has 1 aromatic carbocycles. The van der Waals surface area contributed by atoms with E-state index < -0.39 is 0 Å². The molecule has 1 atom stereocenters. The third kappa shape index (κ3) is 3.16. The summed E-state index contributed by atoms with van der Waals surface area (Å²) < 4.78 is 5.71. The fraction of sp³-hybridized carbons (Fsp3) is 0.167. The van der Waals surface area contributed by atoms with E-state index >= 15 is 0 Å². The molecule has 3 aromatic rings. The van der Waals surface area contributed by atoms with Crippen molar-refractivity contribution in [2.45, 2.75) is 13.0 Å². The van der Waals surface area contributed by atoms with E-state index in [4.69, 9.17) is 16.0 Å². The normalized spacial score (nSPS) is 12.0. The van der Waals surface area contributed by atoms with Gasteiger partial charge in [0.25, 0.3) is 5.91 Å². The predicted octanol–water partition coefficient (Wildman–Crippen LogP) is 4.22. The third-order valence-corrected chi connectivity index (χ3v) is 4.22. The Morgan fingerprint density at radius 2 is 2.00 bits per heavy atom. The SMILES string of the molecule is CC(c1ccncn1)N(C)C(=O)c1ccc(-c2ccccc2Cl)o1. The van der Waals surface area contributed by atoms with E-state index in [1.54, 1.807) is 42.4 Å². The van der Waals surface area contributed by atoms with Gasteiger partial charge in [-0.05, 0) is 37.3 Å². The molecule has 3 rings (SSSR count). The molecule has 24 heavy (non-hydrogen) atoms. The zero-order chi connectivity index (χ0) is 17.1. The van der Waals surface area contributed by atoms with Crippen molar-refractivity contribution < 1.29 is 9.21 Å². The molecular weight excluding hydrogens is 326 g/mol. The second-order valence-electron chi connectivity index (χ2n) is 5.37. The third-order valence-electron chi connectivity index (χ3n) is 3.89. The van der Waals surface area contributed by atoms with Crippen LogP contribution in [0.4, 0.5) is 0 Å². The maximum Gasteiger partial charge on any atom is 0.289 e. The van der Waals surface area contributed by atoms with Crippen molar-refractivity contribution in [3.05, 3.63) is 71.5 Å². The highest BCUT2D eigenvalue weighted by atomic mass is 35.5. The summed E-state index contributed by atoms with van der Waals surface area (Å²) in [4.78, 5) is 22.3. The number of rotatable bonds is 4. The van der Waals surface area contributed by atoms with Gasteiger partial charge in [-0.2, -0.15) is 0 Å². The molecular formula is C18H16ClN3O2. The number of aromatic nitrogens is 2. The molecule has 0 spiro atoms. The summed E-state index contributed by atoms with van der Waals surface area (Å²) in [5.41, 5.74) is 1.52. The Bertz CT molecular complexity index is 848. The van der Waals surface area contributed by atoms with Gasteiger partial charge in [0.05, 0.1) is 16.8 Å². The van der Waals surface area contributed by atoms with Gasteiger partial charge < -0.3 is 9.32 Å². The first-order valence-corrected chi connectivity index (χ1v) is 7.83. The summed E-state index contributed by atoms with van der Waals surface area (Å²) in [6.07, 6.45) is 3.12. The Kier molecular flexibility index (Phi) is 4.62. The van der Waals surface area contributed by atoms with Gasteiger partial charge in [0.1, 0.15) is 12.1 Å². The van der Waals surface area contributed by atoms with Crippen molar-refractivity contribution in [1.29, 1.82) is 0 Å². The van der Waals surface area contributed by atoms with Gasteiger partial charge in [-0.15, -0.1) is 0 Å². The van der Waals surface area contributed by atoms with Crippen LogP contribution in [0.2, 0.25) is 5.02 Å². The summed E-state index contributed by atoms with van der Waals surface area (Å²) >= 11 is 6.17. The molecule has 0 N–H and O–H groups in total. The molecule has 6 heteroatoms. The second-order valence-corrected chi connectivity index (χ2v) is 5.78. The van der Waals surface area contributed by atoms with Gasteiger partial charge in [0.15, 0.2) is 5.76 Å². The quantitative estimate of drug-likeness (QED) is 0.712. The maximum absolute atomic E-state index is 12.6. The van der Waals surface area contributed by atoms with Crippen molar-refractivity contribution >= 4 is 17.5 Å². The van der Waals surface area contributed by atoms with E-state index in [2.05, 4.69) is 9.97 Å². The van der Waals surface area contributed by atoms with Gasteiger partial charge in [0, 0.05) is 18.8 Å². The Balaban J connectivity index is 1.82. The highest BCUT2D eigenvalue weighted by Gasteiger charge is 2.23. The number of amides is 1. The number of furan rings is 1. The summed E-state index contributed by atoms with van der Waals surface area (Å²) in [5.74, 6) is 0.597. The minimum absolute atomic E-state index is 0.200. The molecule has 2 heterocycles. The van der Waals surface area contributed by atoms with E-state index in [-0.39, 0.29) is 17.7 Å². The molecule has 122 valence electrons. The summed E-state index contributed by atoms with van der Waals surface area (Å²) in [7, 11) is 1.72. The van der Waals surface area contributed by atoms with Crippen molar-refractivity contribution in [1.82, 2.24) is 14.9 Å². The van der Waals surface area contributed by atoms with Gasteiger partial charge in [0.2, 0.25) is 0 Å². The summed E-state index contributed by atoms with van der Waals surface area (Å²) in [5, 5.41) is 0.577. The number of halogens is 1. The van der Waals surface area contributed by atoms with Crippen molar-refractivity contribution in [3.63, 3.8) is 0 Å². The molecule has 5 nitrogen and oxygen atoms in total. The first-order chi connectivity index (χ1) is 11.6. The Hall–Kier alpha value is -2.66. The Morgan fingerprint density at radius 3 is 2.71 bits per heavy atom. The average Bonchev–Trinajstić information content (AvgIpc) is 3.11. The van der Waals surface area contributed by atoms with Crippen LogP contribution in [0, 0.1) is 0 Å². The van der Waals surface area contributed by atoms with Gasteiger partial charge in [-0.25, -0.2) is 9.97 Å². The molecule has 1 unspecified atom stereocenters. The molecule has 0 aliphatic carbocycles. The number of benzene rings is 1. The smallest absolute Gasteiger partial charge is 0.289 e. The first-order valence-electron chi connectivity index (χ1n) is 7.45. The van der Waals surface area contributed by atoms with E-state index in [1.165, 1.54) is 6.33 Å². The molecule has 2 aromatic heterocycles. The Morgan fingerprint density at radius 1 is 1.21 bits per heavy atom. The van der Waals surface area contributed by atoms with Crippen LogP contribution in [0.5, 0.6) is 0 Å². The number of carbonyl (C=O) groups excluding carboxylic acids is 1. The maximum atomic E-state index is 12.6. The molecule has 0 bridgehead atoms. The summed E-state index contributed by atoms with van der Waals surface area (Å²) in [6.45, 7) is 1.90. The van der Waals surface area contributed by atoms with E-state index in [1.807, 2.05) is 25.1 Å². The van der Waals surface area contributed by atoms with Crippen LogP contribution >= 0.6 is 11.6 Å². The van der Waals surface area contributed by atoms with Gasteiger partial charge in [-0.1, -0.05) is 23.7 Å². The molecule has 0 radical (unpaired) electrons. The molecule has 1 amide bonds. The number of carbonyl (C=O) groups is 1. The number of hydrogen-bond donors (Lipinski definition) is 0. The van der Waals surface area contributed by atoms with Crippen LogP contribution < -0.4 is 0 Å². The van der Waals surface area contributed by atoms with E-state index in [0.717, 1.165) is 11.3 Å². The molecule has 0 fully saturated rings. The molecule has 0 aliphatic rings.